The van der Waals surface area contributed by atoms with Crippen molar-refractivity contribution in [3.63, 3.8) is 0 Å². The molecule has 4 heteroatoms. The van der Waals surface area contributed by atoms with E-state index in [1.807, 2.05) is 42.5 Å². The Morgan fingerprint density at radius 2 is 1.71 bits per heavy atom. The van der Waals surface area contributed by atoms with Gasteiger partial charge in [-0.25, -0.2) is 4.39 Å². The van der Waals surface area contributed by atoms with E-state index in [1.54, 1.807) is 18.2 Å². The van der Waals surface area contributed by atoms with Crippen molar-refractivity contribution in [3.8, 4) is 5.75 Å². The maximum Gasteiger partial charge on any atom is 0.127 e. The first-order chi connectivity index (χ1) is 11.7. The zero-order chi connectivity index (χ0) is 16.8. The molecule has 0 saturated carbocycles. The summed E-state index contributed by atoms with van der Waals surface area (Å²) in [6.45, 7) is 0.884. The lowest BCUT2D eigenvalue weighted by atomic mass is 10.1. The van der Waals surface area contributed by atoms with E-state index in [9.17, 15) is 9.50 Å². The number of fused-ring (bicyclic) bond motifs is 1. The molecular weight excluding hydrogens is 305 g/mol. The highest BCUT2D eigenvalue weighted by molar-refractivity contribution is 5.88. The number of hydrogen-bond acceptors (Lipinski definition) is 3. The molecule has 2 N–H and O–H groups in total. The van der Waals surface area contributed by atoms with E-state index in [1.165, 1.54) is 6.07 Å². The molecule has 3 rings (SSSR count). The number of aliphatic hydroxyl groups is 1. The molecule has 124 valence electrons. The van der Waals surface area contributed by atoms with Crippen molar-refractivity contribution in [3.05, 3.63) is 78.1 Å². The van der Waals surface area contributed by atoms with E-state index < -0.39 is 6.10 Å². The highest BCUT2D eigenvalue weighted by Crippen LogP contribution is 2.25. The maximum absolute atomic E-state index is 13.5. The van der Waals surface area contributed by atoms with E-state index in [4.69, 9.17) is 4.74 Å². The van der Waals surface area contributed by atoms with Gasteiger partial charge in [-0.1, -0.05) is 54.6 Å². The largest absolute Gasteiger partial charge is 0.490 e. The molecule has 3 aromatic rings. The topological polar surface area (TPSA) is 41.5 Å². The van der Waals surface area contributed by atoms with E-state index >= 15 is 0 Å². The highest BCUT2D eigenvalue weighted by Gasteiger charge is 2.08. The molecule has 3 aromatic carbocycles. The molecule has 0 aliphatic rings. The molecule has 0 amide bonds. The minimum absolute atomic E-state index is 0.179. The molecule has 0 heterocycles. The molecule has 0 unspecified atom stereocenters. The van der Waals surface area contributed by atoms with Gasteiger partial charge in [0.1, 0.15) is 24.3 Å². The first-order valence-electron chi connectivity index (χ1n) is 7.97. The van der Waals surface area contributed by atoms with Crippen molar-refractivity contribution < 1.29 is 14.2 Å². The number of nitrogens with one attached hydrogen (secondary N) is 1. The van der Waals surface area contributed by atoms with E-state index in [0.717, 1.165) is 16.5 Å². The number of aliphatic hydroxyl groups excluding tert-OH is 1. The van der Waals surface area contributed by atoms with Gasteiger partial charge in [-0.2, -0.15) is 0 Å². The summed E-state index contributed by atoms with van der Waals surface area (Å²) >= 11 is 0. The second kappa shape index (κ2) is 7.90. The Kier molecular flexibility index (Phi) is 5.41. The molecule has 0 fully saturated rings. The van der Waals surface area contributed by atoms with Crippen molar-refractivity contribution in [2.75, 3.05) is 13.2 Å². The lowest BCUT2D eigenvalue weighted by Crippen LogP contribution is -2.31. The van der Waals surface area contributed by atoms with Crippen LogP contribution in [0.2, 0.25) is 0 Å². The van der Waals surface area contributed by atoms with Gasteiger partial charge in [-0.15, -0.1) is 0 Å². The SMILES string of the molecule is O[C@@H](CNCc1ccccc1F)COc1cccc2ccccc12. The van der Waals surface area contributed by atoms with Crippen LogP contribution in [0.1, 0.15) is 5.56 Å². The first-order valence-corrected chi connectivity index (χ1v) is 7.97. The average molecular weight is 325 g/mol. The number of benzene rings is 3. The van der Waals surface area contributed by atoms with Crippen LogP contribution < -0.4 is 10.1 Å². The fourth-order valence-electron chi connectivity index (χ4n) is 2.58. The van der Waals surface area contributed by atoms with Crippen LogP contribution in [-0.4, -0.2) is 24.4 Å². The number of halogens is 1. The zero-order valence-electron chi connectivity index (χ0n) is 13.3. The van der Waals surface area contributed by atoms with E-state index in [-0.39, 0.29) is 12.4 Å². The molecule has 0 bridgehead atoms. The third-order valence-corrected chi connectivity index (χ3v) is 3.83. The Bertz CT molecular complexity index is 801. The minimum atomic E-state index is -0.671. The van der Waals surface area contributed by atoms with Gasteiger partial charge in [0, 0.05) is 24.0 Å². The van der Waals surface area contributed by atoms with Crippen LogP contribution in [0, 0.1) is 5.82 Å². The summed E-state index contributed by atoms with van der Waals surface area (Å²) in [7, 11) is 0. The van der Waals surface area contributed by atoms with Gasteiger partial charge < -0.3 is 15.2 Å². The van der Waals surface area contributed by atoms with Crippen LogP contribution in [-0.2, 0) is 6.54 Å². The molecule has 0 aromatic heterocycles. The lowest BCUT2D eigenvalue weighted by molar-refractivity contribution is 0.107. The fourth-order valence-corrected chi connectivity index (χ4v) is 2.58. The van der Waals surface area contributed by atoms with Crippen molar-refractivity contribution >= 4 is 10.8 Å². The van der Waals surface area contributed by atoms with Crippen LogP contribution in [0.3, 0.4) is 0 Å². The summed E-state index contributed by atoms with van der Waals surface area (Å²) in [5, 5.41) is 15.2. The Balaban J connectivity index is 1.50. The summed E-state index contributed by atoms with van der Waals surface area (Å²) in [6.07, 6.45) is -0.671. The fraction of sp³-hybridized carbons (Fsp3) is 0.200. The molecule has 0 spiro atoms. The van der Waals surface area contributed by atoms with Crippen molar-refractivity contribution in [2.45, 2.75) is 12.6 Å². The first kappa shape index (κ1) is 16.4. The predicted molar refractivity (Wildman–Crippen MR) is 93.6 cm³/mol. The standard InChI is InChI=1S/C20H20FNO2/c21-19-10-4-2-7-16(19)12-22-13-17(23)14-24-20-11-5-8-15-6-1-3-9-18(15)20/h1-11,17,22-23H,12-14H2/t17-/m0/s1. The average Bonchev–Trinajstić information content (AvgIpc) is 2.61. The zero-order valence-corrected chi connectivity index (χ0v) is 13.3. The van der Waals surface area contributed by atoms with Crippen LogP contribution in [0.4, 0.5) is 4.39 Å². The number of ether oxygens (including phenoxy) is 1. The summed E-state index contributed by atoms with van der Waals surface area (Å²) < 4.78 is 19.2. The molecule has 24 heavy (non-hydrogen) atoms. The third-order valence-electron chi connectivity index (χ3n) is 3.83. The molecular formula is C20H20FNO2. The van der Waals surface area contributed by atoms with Gasteiger partial charge in [0.15, 0.2) is 0 Å². The van der Waals surface area contributed by atoms with Gasteiger partial charge in [-0.05, 0) is 17.5 Å². The Hall–Kier alpha value is -2.43. The maximum atomic E-state index is 13.5. The molecule has 0 saturated heterocycles. The van der Waals surface area contributed by atoms with Crippen LogP contribution in [0.15, 0.2) is 66.7 Å². The number of hydrogen-bond donors (Lipinski definition) is 2. The summed E-state index contributed by atoms with van der Waals surface area (Å²) in [6, 6.07) is 20.4. The summed E-state index contributed by atoms with van der Waals surface area (Å²) in [5.74, 6) is 0.507. The highest BCUT2D eigenvalue weighted by atomic mass is 19.1. The van der Waals surface area contributed by atoms with E-state index in [2.05, 4.69) is 5.32 Å². The van der Waals surface area contributed by atoms with Crippen LogP contribution in [0.5, 0.6) is 5.75 Å². The second-order valence-electron chi connectivity index (χ2n) is 5.66. The Morgan fingerprint density at radius 3 is 2.58 bits per heavy atom. The Morgan fingerprint density at radius 1 is 0.958 bits per heavy atom. The molecule has 0 aliphatic heterocycles. The van der Waals surface area contributed by atoms with Crippen LogP contribution in [0.25, 0.3) is 10.8 Å². The van der Waals surface area contributed by atoms with Crippen molar-refractivity contribution in [2.24, 2.45) is 0 Å². The predicted octanol–water partition coefficient (Wildman–Crippen LogP) is 3.51. The normalized spacial score (nSPS) is 12.2. The smallest absolute Gasteiger partial charge is 0.127 e. The van der Waals surface area contributed by atoms with Gasteiger partial charge in [0.25, 0.3) is 0 Å². The Labute approximate surface area is 140 Å². The quantitative estimate of drug-likeness (QED) is 0.698. The molecule has 1 atom stereocenters. The second-order valence-corrected chi connectivity index (χ2v) is 5.66. The summed E-state index contributed by atoms with van der Waals surface area (Å²) in [4.78, 5) is 0. The van der Waals surface area contributed by atoms with Gasteiger partial charge >= 0.3 is 0 Å². The monoisotopic (exact) mass is 325 g/mol. The van der Waals surface area contributed by atoms with Crippen LogP contribution >= 0.6 is 0 Å². The third kappa shape index (κ3) is 4.10. The van der Waals surface area contributed by atoms with Gasteiger partial charge in [0.05, 0.1) is 0 Å². The molecule has 0 aliphatic carbocycles. The summed E-state index contributed by atoms with van der Waals surface area (Å²) in [5.41, 5.74) is 0.583. The molecule has 0 radical (unpaired) electrons. The van der Waals surface area contributed by atoms with Gasteiger partial charge in [0.2, 0.25) is 0 Å². The number of rotatable bonds is 7. The molecule has 3 nitrogen and oxygen atoms in total. The minimum Gasteiger partial charge on any atom is -0.490 e. The van der Waals surface area contributed by atoms with Crippen molar-refractivity contribution in [1.29, 1.82) is 0 Å². The van der Waals surface area contributed by atoms with Gasteiger partial charge in [-0.3, -0.25) is 0 Å². The van der Waals surface area contributed by atoms with Crippen molar-refractivity contribution in [1.82, 2.24) is 5.32 Å². The van der Waals surface area contributed by atoms with E-state index in [0.29, 0.717) is 18.7 Å². The lowest BCUT2D eigenvalue weighted by Gasteiger charge is -2.15.